The Labute approximate surface area is 471 Å². The van der Waals surface area contributed by atoms with E-state index >= 15 is 0 Å². The number of carboxylic acid groups (broad SMARTS) is 1. The number of carbonyl (C=O) groups excluding carboxylic acids is 3. The van der Waals surface area contributed by atoms with Crippen LogP contribution in [0.1, 0.15) is 102 Å². The molecule has 5 aromatic rings. The predicted molar refractivity (Wildman–Crippen MR) is 286 cm³/mol. The number of ketones is 1. The number of carbonyl (C=O) groups is 4. The zero-order chi connectivity index (χ0) is 60.8. The number of nitrogens with zero attached hydrogens (tertiary/aromatic N) is 5. The van der Waals surface area contributed by atoms with E-state index in [1.165, 1.54) is 19.8 Å². The maximum atomic E-state index is 14.2. The van der Waals surface area contributed by atoms with Gasteiger partial charge in [0.1, 0.15) is 28.8 Å². The summed E-state index contributed by atoms with van der Waals surface area (Å²) in [4.78, 5) is 68.5. The second-order valence-corrected chi connectivity index (χ2v) is 23.8. The summed E-state index contributed by atoms with van der Waals surface area (Å²) in [6.07, 6.45) is -0.382. The van der Waals surface area contributed by atoms with Gasteiger partial charge in [0.15, 0.2) is 34.6 Å². The Kier molecular flexibility index (Phi) is 25.7. The highest BCUT2D eigenvalue weighted by Gasteiger charge is 2.36. The fourth-order valence-corrected chi connectivity index (χ4v) is 9.73. The van der Waals surface area contributed by atoms with Crippen molar-refractivity contribution in [1.82, 2.24) is 19.5 Å². The van der Waals surface area contributed by atoms with Crippen molar-refractivity contribution in [3.63, 3.8) is 0 Å². The summed E-state index contributed by atoms with van der Waals surface area (Å²) in [5, 5.41) is 14.4. The summed E-state index contributed by atoms with van der Waals surface area (Å²) in [5.74, 6) is -3.50. The lowest BCUT2D eigenvalue weighted by molar-refractivity contribution is -0.142. The summed E-state index contributed by atoms with van der Waals surface area (Å²) in [7, 11) is -5.51. The molecule has 4 atom stereocenters. The highest BCUT2D eigenvalue weighted by Crippen LogP contribution is 2.43. The summed E-state index contributed by atoms with van der Waals surface area (Å²) in [5.41, 5.74) is 5.57. The molecule has 4 unspecified atom stereocenters. The first-order valence-electron chi connectivity index (χ1n) is 24.0. The monoisotopic (exact) mass is 1230 g/mol. The molecule has 1 fully saturated rings. The molecule has 1 saturated carbocycles. The Balaban J connectivity index is 0.000000291. The summed E-state index contributed by atoms with van der Waals surface area (Å²) < 4.78 is 129. The van der Waals surface area contributed by atoms with Crippen molar-refractivity contribution in [1.29, 1.82) is 0 Å². The van der Waals surface area contributed by atoms with Crippen LogP contribution in [-0.4, -0.2) is 124 Å². The molecular formula is C50H60Cl3F6N6O13PS. The Morgan fingerprint density at radius 1 is 1.05 bits per heavy atom. The number of sulfone groups is 1. The van der Waals surface area contributed by atoms with Crippen molar-refractivity contribution in [3.8, 4) is 5.69 Å². The quantitative estimate of drug-likeness (QED) is 0.0215. The molecule has 0 radical (unpaired) electrons. The zero-order valence-electron chi connectivity index (χ0n) is 44.4. The third-order valence-electron chi connectivity index (χ3n) is 11.6. The molecule has 0 spiro atoms. The van der Waals surface area contributed by atoms with Crippen LogP contribution in [0.4, 0.5) is 32.0 Å². The molecule has 6 rings (SSSR count). The third kappa shape index (κ3) is 19.3. The van der Waals surface area contributed by atoms with Crippen LogP contribution in [0, 0.1) is 19.7 Å². The van der Waals surface area contributed by atoms with Crippen LogP contribution < -0.4 is 16.3 Å². The van der Waals surface area contributed by atoms with Crippen LogP contribution >= 0.6 is 42.2 Å². The molecule has 2 aromatic heterocycles. The van der Waals surface area contributed by atoms with E-state index in [9.17, 15) is 63.3 Å². The lowest BCUT2D eigenvalue weighted by Crippen LogP contribution is -2.43. The summed E-state index contributed by atoms with van der Waals surface area (Å²) in [6, 6.07) is 9.09. The van der Waals surface area contributed by atoms with Crippen LogP contribution in [0.15, 0.2) is 68.9 Å². The number of benzene rings is 3. The van der Waals surface area contributed by atoms with Crippen molar-refractivity contribution in [3.05, 3.63) is 121 Å². The fourth-order valence-electron chi connectivity index (χ4n) is 7.49. The standard InChI is InChI=1S/C15H14Cl2F3N3O3.C15H22ClNO2.C15H12F3NO4S.C5H12NO4P/c1-3-26-13(24)10(17)4-8-5-12(11(18)6-9(8)16)23-15(25)22(14(19)20)7(2)21-23;1-5-13-8-6-7-11(2)15(13)17(14(18)9-16)12(3)10-19-4;1-24(21,22)12-6-9(15(16,17)18)4-5-10(12)13(20)11-7-19-23-14(11)8-2-3-8;1-11(9,10)3-2-4(6)5(7)8/h5-6,10,14H,3-4H2,1-2H3;6-8,12H,5,9-10H2,1-4H3;4-8H,2-3H2,1H3;4H,2-3,6H2,1H3,(H,7,8)(H,9,10). The van der Waals surface area contributed by atoms with Crippen LogP contribution in [0.3, 0.4) is 0 Å². The van der Waals surface area contributed by atoms with Crippen molar-refractivity contribution >= 4 is 81.3 Å². The lowest BCUT2D eigenvalue weighted by atomic mass is 10.0. The topological polar surface area (TPSA) is 274 Å². The van der Waals surface area contributed by atoms with E-state index in [1.807, 2.05) is 26.0 Å². The zero-order valence-corrected chi connectivity index (χ0v) is 48.4. The number of hydrogen-bond acceptors (Lipinski definition) is 14. The van der Waals surface area contributed by atoms with Crippen LogP contribution in [0.2, 0.25) is 5.02 Å². The second kappa shape index (κ2) is 29.9. The Hall–Kier alpha value is -5.60. The minimum Gasteiger partial charge on any atom is -0.480 e. The van der Waals surface area contributed by atoms with E-state index in [4.69, 9.17) is 64.5 Å². The second-order valence-electron chi connectivity index (χ2n) is 18.0. The van der Waals surface area contributed by atoms with Gasteiger partial charge in [-0.3, -0.25) is 23.7 Å². The smallest absolute Gasteiger partial charge is 0.416 e. The number of methoxy groups -OCH3 is 1. The summed E-state index contributed by atoms with van der Waals surface area (Å²) >= 11 is 17.7. The number of rotatable bonds is 20. The van der Waals surface area contributed by atoms with Gasteiger partial charge in [0, 0.05) is 49.1 Å². The highest BCUT2D eigenvalue weighted by molar-refractivity contribution is 7.90. The normalized spacial score (nSPS) is 14.2. The first-order chi connectivity index (χ1) is 37.1. The minimum atomic E-state index is -4.71. The van der Waals surface area contributed by atoms with E-state index in [1.54, 1.807) is 18.9 Å². The van der Waals surface area contributed by atoms with E-state index in [0.29, 0.717) is 29.2 Å². The van der Waals surface area contributed by atoms with Gasteiger partial charge in [-0.15, -0.1) is 28.3 Å². The maximum Gasteiger partial charge on any atom is 0.416 e. The van der Waals surface area contributed by atoms with Gasteiger partial charge in [-0.25, -0.2) is 22.2 Å². The van der Waals surface area contributed by atoms with Gasteiger partial charge in [-0.2, -0.15) is 26.6 Å². The Morgan fingerprint density at radius 3 is 2.19 bits per heavy atom. The number of aliphatic carboxylic acids is 1. The van der Waals surface area contributed by atoms with Crippen molar-refractivity contribution < 1.29 is 82.5 Å². The largest absolute Gasteiger partial charge is 0.480 e. The van der Waals surface area contributed by atoms with Gasteiger partial charge in [-0.1, -0.05) is 41.9 Å². The van der Waals surface area contributed by atoms with E-state index in [0.717, 1.165) is 60.5 Å². The van der Waals surface area contributed by atoms with Gasteiger partial charge < -0.3 is 34.6 Å². The van der Waals surface area contributed by atoms with Gasteiger partial charge in [-0.05, 0) is 100 Å². The minimum absolute atomic E-state index is 0.0223. The molecule has 3 aromatic carbocycles. The number of nitrogens with two attached hydrogens (primary N) is 1. The number of para-hydroxylation sites is 1. The number of anilines is 1. The molecule has 80 heavy (non-hydrogen) atoms. The number of halogens is 9. The number of aryl methyl sites for hydroxylation is 3. The summed E-state index contributed by atoms with van der Waals surface area (Å²) in [6.45, 7) is 7.55. The van der Waals surface area contributed by atoms with E-state index in [2.05, 4.69) is 23.2 Å². The number of esters is 1. The number of ether oxygens (including phenoxy) is 2. The Bertz CT molecular complexity index is 3210. The van der Waals surface area contributed by atoms with E-state index < -0.39 is 81.0 Å². The molecule has 1 aliphatic rings. The molecule has 2 heterocycles. The van der Waals surface area contributed by atoms with Gasteiger partial charge in [0.25, 0.3) is 0 Å². The Morgan fingerprint density at radius 2 is 1.69 bits per heavy atom. The SMILES string of the molecule is CCOC(=O)C(Cl)Cc1cc(-n2nc(C)n(C(F)F)c2=O)c(F)cc1Cl.CCc1cccc(C)c1N(C(=O)CCl)C(C)COC.CP(=O)(O)CCC(N)C(=O)O.CS(=O)(=O)c1cc(C(F)(F)F)ccc1C(=O)c1cnoc1C1CC1. The average Bonchev–Trinajstić information content (AvgIpc) is 4.01. The third-order valence-corrected chi connectivity index (χ3v) is 14.7. The van der Waals surface area contributed by atoms with Gasteiger partial charge in [0.2, 0.25) is 5.91 Å². The molecule has 4 N–H and O–H groups in total. The average molecular weight is 1240 g/mol. The number of amides is 1. The molecular weight excluding hydrogens is 1180 g/mol. The predicted octanol–water partition coefficient (Wildman–Crippen LogP) is 9.30. The van der Waals surface area contributed by atoms with E-state index in [-0.39, 0.29) is 87.1 Å². The first-order valence-corrected chi connectivity index (χ1v) is 29.6. The van der Waals surface area contributed by atoms with Crippen molar-refractivity contribution in [2.24, 2.45) is 5.73 Å². The number of alkyl halides is 7. The molecule has 0 bridgehead atoms. The first kappa shape index (κ1) is 68.7. The lowest BCUT2D eigenvalue weighted by Gasteiger charge is -2.31. The molecule has 442 valence electrons. The number of carboxylic acids is 1. The molecule has 1 amide bonds. The molecule has 0 saturated heterocycles. The maximum absolute atomic E-state index is 14.2. The highest BCUT2D eigenvalue weighted by atomic mass is 35.5. The molecule has 19 nitrogen and oxygen atoms in total. The van der Waals surface area contributed by atoms with Crippen molar-refractivity contribution in [2.45, 2.75) is 108 Å². The van der Waals surface area contributed by atoms with Crippen LogP contribution in [0.5, 0.6) is 0 Å². The van der Waals surface area contributed by atoms with Gasteiger partial charge in [0.05, 0.1) is 47.2 Å². The molecule has 30 heteroatoms. The molecule has 0 aliphatic heterocycles. The fraction of sp³-hybridized carbons (Fsp3) is 0.460. The van der Waals surface area contributed by atoms with Crippen LogP contribution in [0.25, 0.3) is 5.69 Å². The number of aromatic nitrogens is 4. The van der Waals surface area contributed by atoms with Gasteiger partial charge >= 0.3 is 30.4 Å². The van der Waals surface area contributed by atoms with Crippen molar-refractivity contribution in [2.75, 3.05) is 50.2 Å². The molecule has 1 aliphatic carbocycles. The van der Waals surface area contributed by atoms with Crippen LogP contribution in [-0.2, 0) is 57.3 Å². The number of hydrogen-bond donors (Lipinski definition) is 3.